The molecule has 2 aliphatic carbocycles. The number of hydrogen-bond acceptors (Lipinski definition) is 0. The Balaban J connectivity index is 0.000000193. The maximum Gasteiger partial charge on any atom is -0.0000952 e. The van der Waals surface area contributed by atoms with Gasteiger partial charge in [0.2, 0.25) is 0 Å². The van der Waals surface area contributed by atoms with Crippen molar-refractivity contribution < 1.29 is 0 Å². The van der Waals surface area contributed by atoms with Crippen molar-refractivity contribution in [3.63, 3.8) is 0 Å². The standard InChI is InChI=1S/C24H24.C24H26.C20H20.C2H6/c1-4-5-6-7-23-19(3)10-17-24(23)22-15-13-21(14-16-22)20-11-8-18(2)9-12-20;1-6-20(13-12-18(3)4)23-16-14-22(15-17-23)19(5)24-11-9-8-10-21(24)7-2;1-3-15(2)8-6-10-16-11-7-13-19-18-12-5-4-9-17(18)14-20(16)19;1-2/h4-17,19H,1-3H3;6-17H,1H2,2-5H3;3-9,11-13H,10,14H2,1-2H3;1-2H3/b5-4-,7-6-;20-13+,21-7-,24-19+;8-6-,15-3-;/t19-;;;/m1.../s1. The lowest BCUT2D eigenvalue weighted by molar-refractivity contribution is 0.912. The molecule has 0 N–H and O–H groups in total. The second-order valence-corrected chi connectivity index (χ2v) is 17.9. The van der Waals surface area contributed by atoms with E-state index in [4.69, 9.17) is 0 Å². The molecule has 0 nitrogen and oxygen atoms in total. The lowest BCUT2D eigenvalue weighted by atomic mass is 9.95. The van der Waals surface area contributed by atoms with Crippen LogP contribution in [0.3, 0.4) is 0 Å². The number of rotatable bonds is 11. The molecule has 0 bridgehead atoms. The minimum Gasteiger partial charge on any atom is -0.0984 e. The number of benzene rings is 6. The monoisotopic (exact) mass is 917 g/mol. The fourth-order valence-corrected chi connectivity index (χ4v) is 8.63. The van der Waals surface area contributed by atoms with E-state index in [1.807, 2.05) is 26.8 Å². The van der Waals surface area contributed by atoms with Crippen molar-refractivity contribution in [2.75, 3.05) is 0 Å². The zero-order valence-corrected chi connectivity index (χ0v) is 44.0. The molecule has 2 aliphatic rings. The van der Waals surface area contributed by atoms with E-state index in [1.54, 1.807) is 0 Å². The van der Waals surface area contributed by atoms with Crippen molar-refractivity contribution in [3.05, 3.63) is 285 Å². The van der Waals surface area contributed by atoms with Crippen LogP contribution in [0.1, 0.15) is 108 Å². The van der Waals surface area contributed by atoms with E-state index in [1.165, 1.54) is 99.5 Å². The zero-order chi connectivity index (χ0) is 50.4. The molecule has 0 fully saturated rings. The topological polar surface area (TPSA) is 0 Å². The van der Waals surface area contributed by atoms with E-state index in [0.717, 1.165) is 18.4 Å². The van der Waals surface area contributed by atoms with Crippen LogP contribution in [0.5, 0.6) is 0 Å². The summed E-state index contributed by atoms with van der Waals surface area (Å²) in [5, 5.41) is 2.56. The molecule has 0 spiro atoms. The second kappa shape index (κ2) is 27.6. The van der Waals surface area contributed by atoms with Gasteiger partial charge in [-0.05, 0) is 163 Å². The van der Waals surface area contributed by atoms with Crippen molar-refractivity contribution >= 4 is 22.8 Å². The largest absolute Gasteiger partial charge is 0.0984 e. The van der Waals surface area contributed by atoms with Crippen LogP contribution in [0.4, 0.5) is 0 Å². The van der Waals surface area contributed by atoms with Gasteiger partial charge >= 0.3 is 0 Å². The smallest absolute Gasteiger partial charge is 0.0000952 e. The Bertz CT molecular complexity index is 3050. The Labute approximate surface area is 423 Å². The van der Waals surface area contributed by atoms with Gasteiger partial charge in [-0.3, -0.25) is 0 Å². The van der Waals surface area contributed by atoms with E-state index in [-0.39, 0.29) is 0 Å². The summed E-state index contributed by atoms with van der Waals surface area (Å²) in [4.78, 5) is 0. The van der Waals surface area contributed by atoms with E-state index in [9.17, 15) is 0 Å². The average molecular weight is 917 g/mol. The summed E-state index contributed by atoms with van der Waals surface area (Å²) in [5.41, 5.74) is 22.6. The van der Waals surface area contributed by atoms with Gasteiger partial charge in [0.25, 0.3) is 0 Å². The molecule has 356 valence electrons. The van der Waals surface area contributed by atoms with Crippen molar-refractivity contribution in [3.8, 4) is 22.3 Å². The van der Waals surface area contributed by atoms with Crippen molar-refractivity contribution in [2.24, 2.45) is 5.92 Å². The van der Waals surface area contributed by atoms with Gasteiger partial charge in [-0.2, -0.15) is 0 Å². The predicted molar refractivity (Wildman–Crippen MR) is 312 cm³/mol. The molecule has 0 saturated carbocycles. The van der Waals surface area contributed by atoms with E-state index in [0.29, 0.717) is 5.92 Å². The third kappa shape index (κ3) is 14.6. The Morgan fingerprint density at radius 1 is 0.657 bits per heavy atom. The van der Waals surface area contributed by atoms with Crippen LogP contribution in [0.25, 0.3) is 45.0 Å². The predicted octanol–water partition coefficient (Wildman–Crippen LogP) is 18.3. The molecule has 0 radical (unpaired) electrons. The SMILES string of the molecule is C/C=C(C)\C=C/Cc1cccc2c1Cc1ccccc1-2.C/C=C\C=C/C1=C(c2ccc(-c3ccc(C)cc3)cc2)C=C[C@H]1C.C=C/C(=C\C=C(C)C)c1ccc(/C(C)=c2\cccc\c2=C\C)cc1.CC. The molecule has 0 heterocycles. The van der Waals surface area contributed by atoms with E-state index < -0.39 is 0 Å². The highest BCUT2D eigenvalue weighted by molar-refractivity contribution is 5.83. The van der Waals surface area contributed by atoms with Crippen molar-refractivity contribution in [1.29, 1.82) is 0 Å². The van der Waals surface area contributed by atoms with Crippen LogP contribution in [0, 0.1) is 12.8 Å². The first kappa shape index (κ1) is 53.7. The lowest BCUT2D eigenvalue weighted by Gasteiger charge is -2.09. The number of fused-ring (bicyclic) bond motifs is 3. The average Bonchev–Trinajstić information content (AvgIpc) is 3.97. The maximum atomic E-state index is 3.94. The Kier molecular flexibility index (Phi) is 21.2. The van der Waals surface area contributed by atoms with Crippen LogP contribution < -0.4 is 10.4 Å². The zero-order valence-electron chi connectivity index (χ0n) is 44.0. The molecule has 0 aromatic heterocycles. The minimum absolute atomic E-state index is 0.471. The minimum atomic E-state index is 0.471. The van der Waals surface area contributed by atoms with Gasteiger partial charge in [0.1, 0.15) is 0 Å². The van der Waals surface area contributed by atoms with Crippen LogP contribution in [-0.4, -0.2) is 0 Å². The highest BCUT2D eigenvalue weighted by Crippen LogP contribution is 2.38. The molecule has 6 aromatic carbocycles. The first-order chi connectivity index (χ1) is 34.0. The lowest BCUT2D eigenvalue weighted by Crippen LogP contribution is -2.25. The quantitative estimate of drug-likeness (QED) is 0.113. The van der Waals surface area contributed by atoms with Gasteiger partial charge < -0.3 is 0 Å². The first-order valence-electron chi connectivity index (χ1n) is 25.2. The summed E-state index contributed by atoms with van der Waals surface area (Å²) >= 11 is 0. The molecular weight excluding hydrogens is 841 g/mol. The molecular formula is C70H76. The van der Waals surface area contributed by atoms with Gasteiger partial charge in [-0.25, -0.2) is 0 Å². The van der Waals surface area contributed by atoms with Gasteiger partial charge in [-0.1, -0.05) is 263 Å². The molecule has 1 atom stereocenters. The summed E-state index contributed by atoms with van der Waals surface area (Å²) in [7, 11) is 0. The summed E-state index contributed by atoms with van der Waals surface area (Å²) in [6.45, 7) is 27.0. The Morgan fingerprint density at radius 3 is 1.94 bits per heavy atom. The highest BCUT2D eigenvalue weighted by Gasteiger charge is 2.20. The van der Waals surface area contributed by atoms with Gasteiger partial charge in [0, 0.05) is 0 Å². The normalized spacial score (nSPS) is 14.6. The summed E-state index contributed by atoms with van der Waals surface area (Å²) in [5.74, 6) is 0.471. The number of allylic oxidation sites excluding steroid dienone is 17. The van der Waals surface area contributed by atoms with Gasteiger partial charge in [0.05, 0.1) is 0 Å². The van der Waals surface area contributed by atoms with Crippen LogP contribution in [-0.2, 0) is 12.8 Å². The second-order valence-electron chi connectivity index (χ2n) is 17.9. The molecule has 70 heavy (non-hydrogen) atoms. The fraction of sp³-hybridized carbons (Fsp3) is 0.200. The van der Waals surface area contributed by atoms with Crippen LogP contribution in [0.15, 0.2) is 236 Å². The molecule has 0 saturated heterocycles. The molecule has 0 heteroatoms. The third-order valence-corrected chi connectivity index (χ3v) is 12.8. The van der Waals surface area contributed by atoms with Crippen LogP contribution in [0.2, 0.25) is 0 Å². The number of aryl methyl sites for hydroxylation is 1. The summed E-state index contributed by atoms with van der Waals surface area (Å²) in [6.07, 6.45) is 30.0. The molecule has 0 amide bonds. The molecule has 6 aromatic rings. The van der Waals surface area contributed by atoms with Gasteiger partial charge in [0.15, 0.2) is 0 Å². The number of hydrogen-bond donors (Lipinski definition) is 0. The van der Waals surface area contributed by atoms with Crippen molar-refractivity contribution in [2.45, 2.75) is 89.0 Å². The Hall–Kier alpha value is -7.28. The molecule has 0 aliphatic heterocycles. The van der Waals surface area contributed by atoms with Gasteiger partial charge in [-0.15, -0.1) is 0 Å². The highest BCUT2D eigenvalue weighted by atomic mass is 14.2. The summed E-state index contributed by atoms with van der Waals surface area (Å²) in [6, 6.07) is 50.3. The summed E-state index contributed by atoms with van der Waals surface area (Å²) < 4.78 is 0. The van der Waals surface area contributed by atoms with E-state index >= 15 is 0 Å². The first-order valence-corrected chi connectivity index (χ1v) is 25.2. The van der Waals surface area contributed by atoms with Crippen molar-refractivity contribution in [1.82, 2.24) is 0 Å². The Morgan fingerprint density at radius 2 is 1.29 bits per heavy atom. The molecule has 0 unspecified atom stereocenters. The molecule has 8 rings (SSSR count). The van der Waals surface area contributed by atoms with Crippen LogP contribution >= 0.6 is 0 Å². The third-order valence-electron chi connectivity index (χ3n) is 12.8. The maximum absolute atomic E-state index is 3.94. The fourth-order valence-electron chi connectivity index (χ4n) is 8.63. The van der Waals surface area contributed by atoms with E-state index in [2.05, 4.69) is 274 Å².